The summed E-state index contributed by atoms with van der Waals surface area (Å²) in [4.78, 5) is 21.1. The van der Waals surface area contributed by atoms with E-state index in [0.29, 0.717) is 5.56 Å². The zero-order chi connectivity index (χ0) is 25.6. The van der Waals surface area contributed by atoms with Gasteiger partial charge in [0, 0.05) is 56.1 Å². The molecular weight excluding hydrogens is 469 g/mol. The van der Waals surface area contributed by atoms with E-state index in [2.05, 4.69) is 20.9 Å². The first kappa shape index (κ1) is 25.1. The third kappa shape index (κ3) is 6.24. The number of nitrogens with zero attached hydrogens (tertiary/aromatic N) is 3. The molecule has 1 aliphatic heterocycles. The molecule has 0 aliphatic carbocycles. The van der Waals surface area contributed by atoms with Crippen molar-refractivity contribution in [3.63, 3.8) is 0 Å². The molecule has 0 radical (unpaired) electrons. The fraction of sp³-hybridized carbons (Fsp3) is 0.333. The number of rotatable bonds is 9. The number of ether oxygens (including phenoxy) is 1. The number of pyridine rings is 1. The van der Waals surface area contributed by atoms with E-state index < -0.39 is 5.97 Å². The highest BCUT2D eigenvalue weighted by atomic mass is 19.1. The van der Waals surface area contributed by atoms with Crippen molar-refractivity contribution in [1.29, 1.82) is 0 Å². The highest BCUT2D eigenvalue weighted by molar-refractivity contribution is 5.91. The Labute approximate surface area is 216 Å². The van der Waals surface area contributed by atoms with Gasteiger partial charge in [-0.3, -0.25) is 4.98 Å². The molecule has 0 atom stereocenters. The van der Waals surface area contributed by atoms with Crippen LogP contribution in [0.2, 0.25) is 0 Å². The molecule has 2 aromatic heterocycles. The summed E-state index contributed by atoms with van der Waals surface area (Å²) in [5, 5.41) is 1.10. The van der Waals surface area contributed by atoms with Gasteiger partial charge in [-0.25, -0.2) is 9.18 Å². The van der Waals surface area contributed by atoms with Gasteiger partial charge in [0.2, 0.25) is 0 Å². The Kier molecular flexibility index (Phi) is 7.92. The number of methoxy groups -OCH3 is 1. The number of esters is 1. The number of hydrogen-bond acceptors (Lipinski definition) is 6. The van der Waals surface area contributed by atoms with Crippen molar-refractivity contribution in [2.45, 2.75) is 19.3 Å². The molecule has 0 saturated carbocycles. The SMILES string of the molecule is COC(=O)c1cncc(-c2ccc3occ(CCCN4CCN(CCc5cccc(F)c5)CC4)c3c2)c1. The molecule has 0 spiro atoms. The van der Waals surface area contributed by atoms with Crippen molar-refractivity contribution in [2.75, 3.05) is 46.4 Å². The highest BCUT2D eigenvalue weighted by Gasteiger charge is 2.17. The van der Waals surface area contributed by atoms with Crippen molar-refractivity contribution in [3.8, 4) is 11.1 Å². The molecule has 1 saturated heterocycles. The van der Waals surface area contributed by atoms with E-state index in [0.717, 1.165) is 86.2 Å². The largest absolute Gasteiger partial charge is 0.465 e. The molecule has 192 valence electrons. The summed E-state index contributed by atoms with van der Waals surface area (Å²) in [6, 6.07) is 14.8. The molecule has 4 aromatic rings. The first-order valence-electron chi connectivity index (χ1n) is 12.8. The van der Waals surface area contributed by atoms with Crippen molar-refractivity contribution >= 4 is 16.9 Å². The van der Waals surface area contributed by atoms with Crippen LogP contribution in [0.4, 0.5) is 4.39 Å². The average molecular weight is 502 g/mol. The maximum absolute atomic E-state index is 13.4. The monoisotopic (exact) mass is 501 g/mol. The summed E-state index contributed by atoms with van der Waals surface area (Å²) >= 11 is 0. The van der Waals surface area contributed by atoms with Gasteiger partial charge in [0.1, 0.15) is 11.4 Å². The Balaban J connectivity index is 1.13. The molecule has 0 amide bonds. The van der Waals surface area contributed by atoms with Gasteiger partial charge in [0.15, 0.2) is 0 Å². The second-order valence-electron chi connectivity index (χ2n) is 9.59. The van der Waals surface area contributed by atoms with Crippen LogP contribution < -0.4 is 0 Å². The number of aromatic nitrogens is 1. The zero-order valence-electron chi connectivity index (χ0n) is 21.2. The van der Waals surface area contributed by atoms with E-state index in [1.54, 1.807) is 24.4 Å². The van der Waals surface area contributed by atoms with E-state index in [-0.39, 0.29) is 5.82 Å². The number of piperazine rings is 1. The van der Waals surface area contributed by atoms with Gasteiger partial charge in [-0.1, -0.05) is 18.2 Å². The quantitative estimate of drug-likeness (QED) is 0.293. The molecule has 7 heteroatoms. The Bertz CT molecular complexity index is 1360. The summed E-state index contributed by atoms with van der Waals surface area (Å²) in [7, 11) is 1.37. The molecule has 1 aliphatic rings. The minimum absolute atomic E-state index is 0.159. The minimum Gasteiger partial charge on any atom is -0.465 e. The number of fused-ring (bicyclic) bond motifs is 1. The first-order valence-corrected chi connectivity index (χ1v) is 12.8. The Morgan fingerprint density at radius 2 is 1.78 bits per heavy atom. The van der Waals surface area contributed by atoms with E-state index in [1.165, 1.54) is 24.9 Å². The van der Waals surface area contributed by atoms with Gasteiger partial charge < -0.3 is 19.0 Å². The third-order valence-corrected chi connectivity index (χ3v) is 7.14. The summed E-state index contributed by atoms with van der Waals surface area (Å²) < 4.78 is 24.0. The topological polar surface area (TPSA) is 58.8 Å². The van der Waals surface area contributed by atoms with Crippen molar-refractivity contribution in [2.24, 2.45) is 0 Å². The second-order valence-corrected chi connectivity index (χ2v) is 9.59. The highest BCUT2D eigenvalue weighted by Crippen LogP contribution is 2.29. The standard InChI is InChI=1S/C30H32FN3O3/c1-36-30(35)26-17-25(19-32-20-26)23-7-8-29-28(18-23)24(21-37-29)5-3-10-33-12-14-34(15-13-33)11-9-22-4-2-6-27(31)16-22/h2,4,6-8,16-21H,3,5,9-15H2,1H3. The fourth-order valence-corrected chi connectivity index (χ4v) is 4.99. The smallest absolute Gasteiger partial charge is 0.339 e. The van der Waals surface area contributed by atoms with E-state index in [4.69, 9.17) is 9.15 Å². The molecule has 0 unspecified atom stereocenters. The minimum atomic E-state index is -0.396. The lowest BCUT2D eigenvalue weighted by atomic mass is 10.0. The number of carbonyl (C=O) groups excluding carboxylic acids is 1. The van der Waals surface area contributed by atoms with E-state index >= 15 is 0 Å². The fourth-order valence-electron chi connectivity index (χ4n) is 4.99. The van der Waals surface area contributed by atoms with Crippen LogP contribution in [0, 0.1) is 5.82 Å². The molecule has 1 fully saturated rings. The van der Waals surface area contributed by atoms with Crippen molar-refractivity contribution in [3.05, 3.63) is 89.7 Å². The average Bonchev–Trinajstić information content (AvgIpc) is 3.34. The number of hydrogen-bond donors (Lipinski definition) is 0. The Morgan fingerprint density at radius 3 is 2.57 bits per heavy atom. The molecule has 3 heterocycles. The molecule has 6 nitrogen and oxygen atoms in total. The lowest BCUT2D eigenvalue weighted by Gasteiger charge is -2.34. The summed E-state index contributed by atoms with van der Waals surface area (Å²) in [5.74, 6) is -0.555. The summed E-state index contributed by atoms with van der Waals surface area (Å²) in [5.41, 5.74) is 5.41. The number of halogens is 1. The van der Waals surface area contributed by atoms with Crippen LogP contribution in [-0.4, -0.2) is 67.1 Å². The van der Waals surface area contributed by atoms with Crippen LogP contribution in [-0.2, 0) is 17.6 Å². The zero-order valence-corrected chi connectivity index (χ0v) is 21.2. The van der Waals surface area contributed by atoms with Crippen LogP contribution in [0.5, 0.6) is 0 Å². The van der Waals surface area contributed by atoms with Crippen LogP contribution in [0.15, 0.2) is 71.6 Å². The van der Waals surface area contributed by atoms with Gasteiger partial charge in [0.05, 0.1) is 18.9 Å². The maximum atomic E-state index is 13.4. The van der Waals surface area contributed by atoms with E-state index in [1.807, 2.05) is 24.5 Å². The predicted molar refractivity (Wildman–Crippen MR) is 142 cm³/mol. The molecular formula is C30H32FN3O3. The number of aryl methyl sites for hydroxylation is 1. The Hall–Kier alpha value is -3.55. The van der Waals surface area contributed by atoms with Gasteiger partial charge in [-0.15, -0.1) is 0 Å². The third-order valence-electron chi connectivity index (χ3n) is 7.14. The first-order chi connectivity index (χ1) is 18.1. The van der Waals surface area contributed by atoms with Gasteiger partial charge in [-0.2, -0.15) is 0 Å². The van der Waals surface area contributed by atoms with Gasteiger partial charge >= 0.3 is 5.97 Å². The molecule has 0 bridgehead atoms. The second kappa shape index (κ2) is 11.7. The predicted octanol–water partition coefficient (Wildman–Crippen LogP) is 5.21. The van der Waals surface area contributed by atoms with Crippen molar-refractivity contribution < 1.29 is 18.3 Å². The number of furan rings is 1. The molecule has 5 rings (SSSR count). The molecule has 0 N–H and O–H groups in total. The van der Waals surface area contributed by atoms with Crippen molar-refractivity contribution in [1.82, 2.24) is 14.8 Å². The summed E-state index contributed by atoms with van der Waals surface area (Å²) in [6.07, 6.45) is 8.02. The van der Waals surface area contributed by atoms with Gasteiger partial charge in [-0.05, 0) is 72.8 Å². The van der Waals surface area contributed by atoms with Gasteiger partial charge in [0.25, 0.3) is 0 Å². The van der Waals surface area contributed by atoms with Crippen LogP contribution in [0.1, 0.15) is 27.9 Å². The molecule has 2 aromatic carbocycles. The maximum Gasteiger partial charge on any atom is 0.339 e. The lowest BCUT2D eigenvalue weighted by molar-refractivity contribution is 0.0600. The number of carbonyl (C=O) groups is 1. The normalized spacial score (nSPS) is 14.8. The van der Waals surface area contributed by atoms with Crippen LogP contribution >= 0.6 is 0 Å². The number of benzene rings is 2. The van der Waals surface area contributed by atoms with E-state index in [9.17, 15) is 9.18 Å². The van der Waals surface area contributed by atoms with Crippen LogP contribution in [0.3, 0.4) is 0 Å². The Morgan fingerprint density at radius 1 is 0.973 bits per heavy atom. The summed E-state index contributed by atoms with van der Waals surface area (Å²) in [6.45, 7) is 6.23. The molecule has 37 heavy (non-hydrogen) atoms. The van der Waals surface area contributed by atoms with Crippen LogP contribution in [0.25, 0.3) is 22.1 Å². The lowest BCUT2D eigenvalue weighted by Crippen LogP contribution is -2.47.